The van der Waals surface area contributed by atoms with Crippen LogP contribution < -0.4 is 10.0 Å². The fraction of sp³-hybridized carbons (Fsp3) is 0.667. The third kappa shape index (κ3) is 3.78. The van der Waals surface area contributed by atoms with Crippen LogP contribution in [0, 0.1) is 6.92 Å². The first-order valence-corrected chi connectivity index (χ1v) is 8.66. The monoisotopic (exact) mass is 288 g/mol. The number of hydrogen-bond donors (Lipinski definition) is 2. The fourth-order valence-electron chi connectivity index (χ4n) is 1.62. The van der Waals surface area contributed by atoms with Gasteiger partial charge in [0.15, 0.2) is 0 Å². The molecule has 1 aliphatic carbocycles. The van der Waals surface area contributed by atoms with Crippen molar-refractivity contribution < 1.29 is 8.42 Å². The first-order valence-electron chi connectivity index (χ1n) is 6.24. The van der Waals surface area contributed by atoms with Crippen molar-refractivity contribution in [1.29, 1.82) is 0 Å². The number of rotatable bonds is 7. The Labute approximate surface area is 113 Å². The Hall–Kier alpha value is -0.430. The Morgan fingerprint density at radius 3 is 2.78 bits per heavy atom. The van der Waals surface area contributed by atoms with Gasteiger partial charge in [-0.2, -0.15) is 0 Å². The molecule has 1 heterocycles. The summed E-state index contributed by atoms with van der Waals surface area (Å²) in [6.07, 6.45) is 2.35. The zero-order chi connectivity index (χ0) is 13.2. The van der Waals surface area contributed by atoms with E-state index in [2.05, 4.69) is 10.0 Å². The van der Waals surface area contributed by atoms with Crippen molar-refractivity contribution in [2.45, 2.75) is 44.5 Å². The van der Waals surface area contributed by atoms with E-state index in [1.807, 2.05) is 18.4 Å². The molecule has 18 heavy (non-hydrogen) atoms. The highest BCUT2D eigenvalue weighted by Gasteiger charge is 2.25. The predicted molar refractivity (Wildman–Crippen MR) is 75.3 cm³/mol. The van der Waals surface area contributed by atoms with Gasteiger partial charge < -0.3 is 5.32 Å². The van der Waals surface area contributed by atoms with E-state index in [1.54, 1.807) is 18.3 Å². The van der Waals surface area contributed by atoms with Gasteiger partial charge in [-0.15, -0.1) is 11.3 Å². The first-order chi connectivity index (χ1) is 8.49. The van der Waals surface area contributed by atoms with Gasteiger partial charge in [-0.1, -0.05) is 0 Å². The van der Waals surface area contributed by atoms with E-state index in [4.69, 9.17) is 0 Å². The Kier molecular flexibility index (Phi) is 4.42. The molecule has 2 rings (SSSR count). The number of nitrogens with one attached hydrogen (secondary N) is 2. The lowest BCUT2D eigenvalue weighted by molar-refractivity contribution is 0.557. The van der Waals surface area contributed by atoms with E-state index >= 15 is 0 Å². The predicted octanol–water partition coefficient (Wildman–Crippen LogP) is 1.62. The van der Waals surface area contributed by atoms with Gasteiger partial charge in [0.1, 0.15) is 0 Å². The maximum absolute atomic E-state index is 12.0. The minimum absolute atomic E-state index is 0.390. The summed E-state index contributed by atoms with van der Waals surface area (Å²) in [7, 11) is -3.23. The van der Waals surface area contributed by atoms with Crippen LogP contribution >= 0.6 is 11.3 Å². The second kappa shape index (κ2) is 5.69. The topological polar surface area (TPSA) is 58.2 Å². The van der Waals surface area contributed by atoms with Crippen molar-refractivity contribution in [1.82, 2.24) is 10.0 Å². The smallest absolute Gasteiger partial charge is 0.215 e. The molecule has 0 radical (unpaired) electrons. The highest BCUT2D eigenvalue weighted by atomic mass is 32.2. The molecule has 0 aromatic carbocycles. The minimum Gasteiger partial charge on any atom is -0.313 e. The van der Waals surface area contributed by atoms with Crippen molar-refractivity contribution in [3.63, 3.8) is 0 Å². The van der Waals surface area contributed by atoms with E-state index < -0.39 is 15.3 Å². The molecule has 0 amide bonds. The van der Waals surface area contributed by atoms with Gasteiger partial charge in [-0.25, -0.2) is 13.1 Å². The van der Waals surface area contributed by atoms with Crippen LogP contribution in [0.5, 0.6) is 0 Å². The van der Waals surface area contributed by atoms with Gasteiger partial charge >= 0.3 is 0 Å². The van der Waals surface area contributed by atoms with Crippen molar-refractivity contribution >= 4 is 21.4 Å². The number of thiophene rings is 1. The molecular weight excluding hydrogens is 268 g/mol. The van der Waals surface area contributed by atoms with Crippen LogP contribution in [0.15, 0.2) is 11.4 Å². The van der Waals surface area contributed by atoms with Crippen LogP contribution in [-0.4, -0.2) is 26.3 Å². The van der Waals surface area contributed by atoms with Crippen LogP contribution in [0.4, 0.5) is 0 Å². The van der Waals surface area contributed by atoms with Crippen molar-refractivity contribution in [3.8, 4) is 0 Å². The second-order valence-corrected chi connectivity index (χ2v) is 8.07. The van der Waals surface area contributed by atoms with Crippen molar-refractivity contribution in [3.05, 3.63) is 21.9 Å². The quantitative estimate of drug-likeness (QED) is 0.801. The third-order valence-electron chi connectivity index (χ3n) is 3.20. The zero-order valence-corrected chi connectivity index (χ0v) is 12.4. The molecular formula is C12H20N2O2S2. The first kappa shape index (κ1) is 14.0. The lowest BCUT2D eigenvalue weighted by Gasteiger charge is -2.14. The highest BCUT2D eigenvalue weighted by molar-refractivity contribution is 7.90. The maximum atomic E-state index is 12.0. The van der Waals surface area contributed by atoms with Gasteiger partial charge in [0.2, 0.25) is 10.0 Å². The standard InChI is InChI=1S/C12H20N2O2S2/c1-9-5-6-17-12(9)8-14-18(15,16)10(2)7-13-11-3-4-11/h5-6,10-11,13-14H,3-4,7-8H2,1-2H3. The van der Waals surface area contributed by atoms with Crippen LogP contribution in [0.3, 0.4) is 0 Å². The Balaban J connectivity index is 1.83. The number of hydrogen-bond acceptors (Lipinski definition) is 4. The summed E-state index contributed by atoms with van der Waals surface area (Å²) in [5.41, 5.74) is 1.14. The lowest BCUT2D eigenvalue weighted by atomic mass is 10.3. The molecule has 1 unspecified atom stereocenters. The molecule has 1 saturated carbocycles. The molecule has 2 N–H and O–H groups in total. The molecule has 0 saturated heterocycles. The molecule has 1 aliphatic rings. The lowest BCUT2D eigenvalue weighted by Crippen LogP contribution is -2.39. The molecule has 1 aromatic heterocycles. The average Bonchev–Trinajstić information content (AvgIpc) is 3.06. The number of aryl methyl sites for hydroxylation is 1. The normalized spacial score (nSPS) is 17.9. The molecule has 4 nitrogen and oxygen atoms in total. The van der Waals surface area contributed by atoms with E-state index in [9.17, 15) is 8.42 Å². The Bertz CT molecular complexity index is 492. The summed E-state index contributed by atoms with van der Waals surface area (Å²) in [6, 6.07) is 2.55. The highest BCUT2D eigenvalue weighted by Crippen LogP contribution is 2.19. The van der Waals surface area contributed by atoms with Gasteiger partial charge in [-0.3, -0.25) is 0 Å². The molecule has 0 spiro atoms. The third-order valence-corrected chi connectivity index (χ3v) is 6.00. The molecule has 1 atom stereocenters. The summed E-state index contributed by atoms with van der Waals surface area (Å²) in [5, 5.41) is 4.84. The van der Waals surface area contributed by atoms with Crippen LogP contribution in [-0.2, 0) is 16.6 Å². The summed E-state index contributed by atoms with van der Waals surface area (Å²) in [5.74, 6) is 0. The molecule has 102 valence electrons. The van der Waals surface area contributed by atoms with Crippen molar-refractivity contribution in [2.75, 3.05) is 6.54 Å². The SMILES string of the molecule is Cc1ccsc1CNS(=O)(=O)C(C)CNC1CC1. The Morgan fingerprint density at radius 2 is 2.22 bits per heavy atom. The van der Waals surface area contributed by atoms with Crippen LogP contribution in [0.1, 0.15) is 30.2 Å². The fourth-order valence-corrected chi connectivity index (χ4v) is 3.51. The van der Waals surface area contributed by atoms with Crippen molar-refractivity contribution in [2.24, 2.45) is 0 Å². The minimum atomic E-state index is -3.23. The van der Waals surface area contributed by atoms with Crippen LogP contribution in [0.2, 0.25) is 0 Å². The van der Waals surface area contributed by atoms with E-state index in [1.165, 1.54) is 12.8 Å². The maximum Gasteiger partial charge on any atom is 0.215 e. The van der Waals surface area contributed by atoms with Crippen LogP contribution in [0.25, 0.3) is 0 Å². The van der Waals surface area contributed by atoms with E-state index in [0.29, 0.717) is 19.1 Å². The van der Waals surface area contributed by atoms with Gasteiger partial charge in [-0.05, 0) is 43.7 Å². The summed E-state index contributed by atoms with van der Waals surface area (Å²) in [6.45, 7) is 4.68. The largest absolute Gasteiger partial charge is 0.313 e. The van der Waals surface area contributed by atoms with E-state index in [0.717, 1.165) is 10.4 Å². The van der Waals surface area contributed by atoms with Gasteiger partial charge in [0.05, 0.1) is 5.25 Å². The summed E-state index contributed by atoms with van der Waals surface area (Å²) >= 11 is 1.59. The molecule has 6 heteroatoms. The van der Waals surface area contributed by atoms with Gasteiger partial charge in [0.25, 0.3) is 0 Å². The van der Waals surface area contributed by atoms with Gasteiger partial charge in [0, 0.05) is 24.0 Å². The molecule has 0 bridgehead atoms. The average molecular weight is 288 g/mol. The summed E-state index contributed by atoms with van der Waals surface area (Å²) < 4.78 is 26.7. The number of sulfonamides is 1. The Morgan fingerprint density at radius 1 is 1.50 bits per heavy atom. The zero-order valence-electron chi connectivity index (χ0n) is 10.8. The van der Waals surface area contributed by atoms with E-state index in [-0.39, 0.29) is 0 Å². The molecule has 0 aliphatic heterocycles. The molecule has 1 fully saturated rings. The summed E-state index contributed by atoms with van der Waals surface area (Å²) in [4.78, 5) is 1.08. The second-order valence-electron chi connectivity index (χ2n) is 4.89. The molecule has 1 aromatic rings.